The average molecular weight is 374 g/mol. The monoisotopic (exact) mass is 374 g/mol. The zero-order chi connectivity index (χ0) is 18.4. The van der Waals surface area contributed by atoms with Gasteiger partial charge in [0.2, 0.25) is 0 Å². The third-order valence-corrected chi connectivity index (χ3v) is 5.16. The van der Waals surface area contributed by atoms with E-state index in [-0.39, 0.29) is 12.0 Å². The van der Waals surface area contributed by atoms with Crippen LogP contribution < -0.4 is 10.1 Å². The summed E-state index contributed by atoms with van der Waals surface area (Å²) in [6.45, 7) is 4.54. The molecular formula is C19H22N2O4S. The van der Waals surface area contributed by atoms with Crippen LogP contribution in [0.2, 0.25) is 0 Å². The van der Waals surface area contributed by atoms with Crippen LogP contribution in [0.5, 0.6) is 5.75 Å². The van der Waals surface area contributed by atoms with E-state index in [4.69, 9.17) is 9.47 Å². The van der Waals surface area contributed by atoms with Gasteiger partial charge >= 0.3 is 6.09 Å². The SMILES string of the molecule is CCOc1cc(-c2ccccc2)sc1C(=O)NCCCN1CCOC1=O. The second-order valence-corrected chi connectivity index (χ2v) is 6.87. The number of thiophene rings is 1. The molecule has 0 radical (unpaired) electrons. The van der Waals surface area contributed by atoms with Crippen molar-refractivity contribution in [3.05, 3.63) is 41.3 Å². The lowest BCUT2D eigenvalue weighted by Crippen LogP contribution is -2.30. The quantitative estimate of drug-likeness (QED) is 0.719. The Morgan fingerprint density at radius 3 is 2.85 bits per heavy atom. The molecule has 1 aromatic heterocycles. The molecule has 1 aliphatic rings. The summed E-state index contributed by atoms with van der Waals surface area (Å²) in [5.74, 6) is 0.460. The lowest BCUT2D eigenvalue weighted by molar-refractivity contribution is 0.0953. The van der Waals surface area contributed by atoms with Gasteiger partial charge in [-0.25, -0.2) is 4.79 Å². The molecule has 2 heterocycles. The fourth-order valence-electron chi connectivity index (χ4n) is 2.72. The summed E-state index contributed by atoms with van der Waals surface area (Å²) in [5, 5.41) is 2.91. The molecule has 0 spiro atoms. The molecule has 1 saturated heterocycles. The van der Waals surface area contributed by atoms with Crippen LogP contribution >= 0.6 is 11.3 Å². The first-order valence-electron chi connectivity index (χ1n) is 8.71. The molecule has 0 unspecified atom stereocenters. The number of carbonyl (C=O) groups is 2. The van der Waals surface area contributed by atoms with Crippen molar-refractivity contribution in [2.75, 3.05) is 32.8 Å². The van der Waals surface area contributed by atoms with Gasteiger partial charge in [-0.2, -0.15) is 0 Å². The van der Waals surface area contributed by atoms with E-state index >= 15 is 0 Å². The van der Waals surface area contributed by atoms with E-state index < -0.39 is 0 Å². The molecule has 1 aromatic carbocycles. The van der Waals surface area contributed by atoms with Crippen LogP contribution in [0, 0.1) is 0 Å². The van der Waals surface area contributed by atoms with Crippen LogP contribution in [-0.4, -0.2) is 49.7 Å². The van der Waals surface area contributed by atoms with Crippen molar-refractivity contribution in [2.24, 2.45) is 0 Å². The summed E-state index contributed by atoms with van der Waals surface area (Å²) in [4.78, 5) is 27.2. The Morgan fingerprint density at radius 1 is 1.35 bits per heavy atom. The first-order valence-corrected chi connectivity index (χ1v) is 9.52. The van der Waals surface area contributed by atoms with Gasteiger partial charge in [0.05, 0.1) is 13.2 Å². The van der Waals surface area contributed by atoms with E-state index in [0.29, 0.717) is 49.9 Å². The highest BCUT2D eigenvalue weighted by Gasteiger charge is 2.21. The molecule has 3 rings (SSSR count). The Bertz CT molecular complexity index is 760. The lowest BCUT2D eigenvalue weighted by Gasteiger charge is -2.12. The van der Waals surface area contributed by atoms with Crippen LogP contribution in [0.15, 0.2) is 36.4 Å². The maximum Gasteiger partial charge on any atom is 0.409 e. The Morgan fingerprint density at radius 2 is 2.15 bits per heavy atom. The topological polar surface area (TPSA) is 67.9 Å². The van der Waals surface area contributed by atoms with Crippen molar-refractivity contribution in [1.29, 1.82) is 0 Å². The minimum absolute atomic E-state index is 0.148. The molecule has 1 N–H and O–H groups in total. The van der Waals surface area contributed by atoms with Crippen LogP contribution in [0.3, 0.4) is 0 Å². The number of amides is 2. The zero-order valence-electron chi connectivity index (χ0n) is 14.7. The number of rotatable bonds is 8. The van der Waals surface area contributed by atoms with Crippen LogP contribution in [0.25, 0.3) is 10.4 Å². The number of benzene rings is 1. The average Bonchev–Trinajstić information content (AvgIpc) is 3.26. The number of carbonyl (C=O) groups excluding carboxylic acids is 2. The smallest absolute Gasteiger partial charge is 0.409 e. The summed E-state index contributed by atoms with van der Waals surface area (Å²) in [5.41, 5.74) is 1.06. The molecule has 2 aromatic rings. The molecule has 1 fully saturated rings. The van der Waals surface area contributed by atoms with Crippen molar-refractivity contribution in [1.82, 2.24) is 10.2 Å². The lowest BCUT2D eigenvalue weighted by atomic mass is 10.2. The molecule has 0 bridgehead atoms. The molecule has 0 aliphatic carbocycles. The molecule has 0 atom stereocenters. The van der Waals surface area contributed by atoms with Gasteiger partial charge in [0, 0.05) is 18.0 Å². The van der Waals surface area contributed by atoms with Gasteiger partial charge in [-0.3, -0.25) is 4.79 Å². The number of nitrogens with zero attached hydrogens (tertiary/aromatic N) is 1. The van der Waals surface area contributed by atoms with Crippen LogP contribution in [-0.2, 0) is 4.74 Å². The second-order valence-electron chi connectivity index (χ2n) is 5.81. The fraction of sp³-hybridized carbons (Fsp3) is 0.368. The fourth-order valence-corrected chi connectivity index (χ4v) is 3.74. The molecule has 7 heteroatoms. The summed E-state index contributed by atoms with van der Waals surface area (Å²) in [6, 6.07) is 11.8. The van der Waals surface area contributed by atoms with Gasteiger partial charge in [0.25, 0.3) is 5.91 Å². The molecule has 1 aliphatic heterocycles. The first kappa shape index (κ1) is 18.3. The zero-order valence-corrected chi connectivity index (χ0v) is 15.5. The highest BCUT2D eigenvalue weighted by Crippen LogP contribution is 2.36. The summed E-state index contributed by atoms with van der Waals surface area (Å²) >= 11 is 1.42. The minimum atomic E-state index is -0.277. The highest BCUT2D eigenvalue weighted by atomic mass is 32.1. The standard InChI is InChI=1S/C19H22N2O4S/c1-2-24-15-13-16(14-7-4-3-5-8-14)26-17(15)18(22)20-9-6-10-21-11-12-25-19(21)23/h3-5,7-8,13H,2,6,9-12H2,1H3,(H,20,22). The Balaban J connectivity index is 1.60. The van der Waals surface area contributed by atoms with Crippen molar-refractivity contribution in [3.8, 4) is 16.2 Å². The Labute approximate surface area is 156 Å². The predicted molar refractivity (Wildman–Crippen MR) is 101 cm³/mol. The van der Waals surface area contributed by atoms with E-state index in [2.05, 4.69) is 5.32 Å². The van der Waals surface area contributed by atoms with Gasteiger partial charge < -0.3 is 19.7 Å². The predicted octanol–water partition coefficient (Wildman–Crippen LogP) is 3.39. The summed E-state index contributed by atoms with van der Waals surface area (Å²) < 4.78 is 10.5. The molecule has 26 heavy (non-hydrogen) atoms. The molecular weight excluding hydrogens is 352 g/mol. The summed E-state index contributed by atoms with van der Waals surface area (Å²) in [7, 11) is 0. The first-order chi connectivity index (χ1) is 12.7. The van der Waals surface area contributed by atoms with Crippen molar-refractivity contribution in [3.63, 3.8) is 0 Å². The van der Waals surface area contributed by atoms with Gasteiger partial charge in [-0.15, -0.1) is 11.3 Å². The number of hydrogen-bond acceptors (Lipinski definition) is 5. The van der Waals surface area contributed by atoms with E-state index in [0.717, 1.165) is 10.4 Å². The van der Waals surface area contributed by atoms with Gasteiger partial charge in [-0.05, 0) is 25.0 Å². The Hall–Kier alpha value is -2.54. The highest BCUT2D eigenvalue weighted by molar-refractivity contribution is 7.17. The van der Waals surface area contributed by atoms with E-state index in [1.165, 1.54) is 11.3 Å². The van der Waals surface area contributed by atoms with Crippen LogP contribution in [0.1, 0.15) is 23.0 Å². The maximum atomic E-state index is 12.6. The third-order valence-electron chi connectivity index (χ3n) is 4.00. The maximum absolute atomic E-state index is 12.6. The second kappa shape index (κ2) is 8.71. The molecule has 138 valence electrons. The number of nitrogens with one attached hydrogen (secondary N) is 1. The Kier molecular flexibility index (Phi) is 6.12. The summed E-state index contributed by atoms with van der Waals surface area (Å²) in [6.07, 6.45) is 0.405. The molecule has 6 nitrogen and oxygen atoms in total. The van der Waals surface area contributed by atoms with Crippen molar-refractivity contribution in [2.45, 2.75) is 13.3 Å². The number of ether oxygens (including phenoxy) is 2. The van der Waals surface area contributed by atoms with Crippen LogP contribution in [0.4, 0.5) is 4.79 Å². The largest absolute Gasteiger partial charge is 0.492 e. The number of cyclic esters (lactones) is 1. The number of hydrogen-bond donors (Lipinski definition) is 1. The third kappa shape index (κ3) is 4.35. The van der Waals surface area contributed by atoms with E-state index in [1.807, 2.05) is 43.3 Å². The van der Waals surface area contributed by atoms with Gasteiger partial charge in [-0.1, -0.05) is 30.3 Å². The van der Waals surface area contributed by atoms with Gasteiger partial charge in [0.15, 0.2) is 0 Å². The van der Waals surface area contributed by atoms with E-state index in [9.17, 15) is 9.59 Å². The van der Waals surface area contributed by atoms with Gasteiger partial charge in [0.1, 0.15) is 17.2 Å². The molecule has 0 saturated carbocycles. The normalized spacial score (nSPS) is 13.6. The van der Waals surface area contributed by atoms with Crippen molar-refractivity contribution < 1.29 is 19.1 Å². The van der Waals surface area contributed by atoms with E-state index in [1.54, 1.807) is 4.90 Å². The minimum Gasteiger partial charge on any atom is -0.492 e. The van der Waals surface area contributed by atoms with Crippen molar-refractivity contribution >= 4 is 23.3 Å². The molecule has 2 amide bonds.